The van der Waals surface area contributed by atoms with Gasteiger partial charge in [0, 0.05) is 13.0 Å². The average Bonchev–Trinajstić information content (AvgIpc) is 2.92. The van der Waals surface area contributed by atoms with Gasteiger partial charge in [0.15, 0.2) is 0 Å². The van der Waals surface area contributed by atoms with E-state index in [0.717, 1.165) is 56.1 Å². The first-order chi connectivity index (χ1) is 19.3. The summed E-state index contributed by atoms with van der Waals surface area (Å²) in [5.41, 5.74) is 0. The zero-order valence-corrected chi connectivity index (χ0v) is 28.8. The van der Waals surface area contributed by atoms with Crippen molar-refractivity contribution in [3.63, 3.8) is 0 Å². The van der Waals surface area contributed by atoms with Gasteiger partial charge >= 0.3 is 0 Å². The lowest BCUT2D eigenvalue weighted by Crippen LogP contribution is -2.24. The van der Waals surface area contributed by atoms with Crippen LogP contribution in [-0.2, 0) is 4.79 Å². The van der Waals surface area contributed by atoms with Crippen LogP contribution < -0.4 is 10.6 Å². The Bertz CT molecular complexity index is 536. The molecule has 0 aliphatic rings. The first kappa shape index (κ1) is 39.4. The summed E-state index contributed by atoms with van der Waals surface area (Å²) in [5.74, 6) is 4.38. The van der Waals surface area contributed by atoms with E-state index in [9.17, 15) is 4.79 Å². The zero-order chi connectivity index (χ0) is 29.8. The van der Waals surface area contributed by atoms with Crippen LogP contribution in [0.5, 0.6) is 0 Å². The number of rotatable bonds is 30. The van der Waals surface area contributed by atoms with E-state index in [1.165, 1.54) is 116 Å². The van der Waals surface area contributed by atoms with Crippen LogP contribution in [0.25, 0.3) is 0 Å². The summed E-state index contributed by atoms with van der Waals surface area (Å²) in [7, 11) is 0. The Morgan fingerprint density at radius 3 is 1.52 bits per heavy atom. The van der Waals surface area contributed by atoms with Gasteiger partial charge in [0.25, 0.3) is 0 Å². The summed E-state index contributed by atoms with van der Waals surface area (Å²) in [6.45, 7) is 19.8. The van der Waals surface area contributed by atoms with Gasteiger partial charge in [-0.05, 0) is 68.4 Å². The molecule has 40 heavy (non-hydrogen) atoms. The zero-order valence-electron chi connectivity index (χ0n) is 28.8. The summed E-state index contributed by atoms with van der Waals surface area (Å²) in [6, 6.07) is 0. The number of carbonyl (C=O) groups is 1. The molecule has 0 aliphatic heterocycles. The molecular weight excluding hydrogens is 488 g/mol. The Labute approximate surface area is 253 Å². The van der Waals surface area contributed by atoms with Gasteiger partial charge in [0.05, 0.1) is 0 Å². The molecule has 0 rings (SSSR count). The van der Waals surface area contributed by atoms with Crippen molar-refractivity contribution in [2.24, 2.45) is 29.6 Å². The molecule has 0 fully saturated rings. The average molecular weight is 565 g/mol. The standard InChI is InChI=1S/C37H76N2O/c1-8-10-29-38-31-36(7)22-13-11-12-16-30-39-37(40)28-27-35(6)26-18-25-34(5)21-15-14-20-33(4)24-17-23-32(3)19-9-2/h32-36,38H,8-31H2,1-7H3,(H,39,40). The van der Waals surface area contributed by atoms with Crippen molar-refractivity contribution in [1.82, 2.24) is 10.6 Å². The normalized spacial score (nSPS) is 15.5. The summed E-state index contributed by atoms with van der Waals surface area (Å²) < 4.78 is 0. The Kier molecular flexibility index (Phi) is 28.1. The molecule has 0 aromatic rings. The highest BCUT2D eigenvalue weighted by Gasteiger charge is 2.10. The van der Waals surface area contributed by atoms with Crippen molar-refractivity contribution in [3.05, 3.63) is 0 Å². The van der Waals surface area contributed by atoms with Gasteiger partial charge in [0.2, 0.25) is 5.91 Å². The molecule has 3 heteroatoms. The van der Waals surface area contributed by atoms with E-state index >= 15 is 0 Å². The second kappa shape index (κ2) is 28.5. The minimum atomic E-state index is 0.261. The molecule has 2 N–H and O–H groups in total. The molecular formula is C37H76N2O. The van der Waals surface area contributed by atoms with Crippen LogP contribution >= 0.6 is 0 Å². The van der Waals surface area contributed by atoms with E-state index in [1.807, 2.05) is 0 Å². The van der Waals surface area contributed by atoms with Gasteiger partial charge in [0.1, 0.15) is 0 Å². The molecule has 1 amide bonds. The van der Waals surface area contributed by atoms with E-state index in [-0.39, 0.29) is 5.91 Å². The van der Waals surface area contributed by atoms with E-state index in [4.69, 9.17) is 0 Å². The van der Waals surface area contributed by atoms with Gasteiger partial charge in [-0.2, -0.15) is 0 Å². The molecule has 0 bridgehead atoms. The van der Waals surface area contributed by atoms with Crippen LogP contribution in [0.15, 0.2) is 0 Å². The number of hydrogen-bond donors (Lipinski definition) is 2. The fraction of sp³-hybridized carbons (Fsp3) is 0.973. The lowest BCUT2D eigenvalue weighted by Gasteiger charge is -2.16. The third-order valence-corrected chi connectivity index (χ3v) is 9.22. The third-order valence-electron chi connectivity index (χ3n) is 9.22. The maximum atomic E-state index is 12.2. The fourth-order valence-corrected chi connectivity index (χ4v) is 6.10. The van der Waals surface area contributed by atoms with Crippen molar-refractivity contribution in [2.75, 3.05) is 19.6 Å². The lowest BCUT2D eigenvalue weighted by molar-refractivity contribution is -0.121. The molecule has 240 valence electrons. The Hall–Kier alpha value is -0.570. The third kappa shape index (κ3) is 27.6. The van der Waals surface area contributed by atoms with Crippen LogP contribution in [0.3, 0.4) is 0 Å². The smallest absolute Gasteiger partial charge is 0.220 e. The molecule has 3 nitrogen and oxygen atoms in total. The molecule has 0 aromatic heterocycles. The van der Waals surface area contributed by atoms with E-state index < -0.39 is 0 Å². The Balaban J connectivity index is 3.57. The van der Waals surface area contributed by atoms with Crippen molar-refractivity contribution in [2.45, 2.75) is 183 Å². The maximum Gasteiger partial charge on any atom is 0.220 e. The Morgan fingerprint density at radius 2 is 0.950 bits per heavy atom. The van der Waals surface area contributed by atoms with E-state index in [0.29, 0.717) is 12.3 Å². The van der Waals surface area contributed by atoms with Gasteiger partial charge in [-0.25, -0.2) is 0 Å². The highest BCUT2D eigenvalue weighted by molar-refractivity contribution is 5.75. The van der Waals surface area contributed by atoms with E-state index in [1.54, 1.807) is 0 Å². The largest absolute Gasteiger partial charge is 0.356 e. The second-order valence-corrected chi connectivity index (χ2v) is 14.1. The van der Waals surface area contributed by atoms with Crippen molar-refractivity contribution in [3.8, 4) is 0 Å². The number of hydrogen-bond acceptors (Lipinski definition) is 2. The lowest BCUT2D eigenvalue weighted by atomic mass is 9.90. The van der Waals surface area contributed by atoms with Gasteiger partial charge in [-0.3, -0.25) is 4.79 Å². The molecule has 0 aromatic carbocycles. The molecule has 0 spiro atoms. The minimum Gasteiger partial charge on any atom is -0.356 e. The molecule has 0 saturated carbocycles. The number of unbranched alkanes of at least 4 members (excludes halogenated alkanes) is 5. The van der Waals surface area contributed by atoms with E-state index in [2.05, 4.69) is 59.1 Å². The van der Waals surface area contributed by atoms with Crippen LogP contribution in [0.2, 0.25) is 0 Å². The number of nitrogens with one attached hydrogen (secondary N) is 2. The summed E-state index contributed by atoms with van der Waals surface area (Å²) in [5, 5.41) is 6.73. The van der Waals surface area contributed by atoms with Crippen LogP contribution in [-0.4, -0.2) is 25.5 Å². The van der Waals surface area contributed by atoms with Gasteiger partial charge < -0.3 is 10.6 Å². The van der Waals surface area contributed by atoms with Gasteiger partial charge in [-0.1, -0.05) is 151 Å². The molecule has 0 heterocycles. The van der Waals surface area contributed by atoms with Crippen LogP contribution in [0.4, 0.5) is 0 Å². The van der Waals surface area contributed by atoms with Crippen molar-refractivity contribution >= 4 is 5.91 Å². The summed E-state index contributed by atoms with van der Waals surface area (Å²) in [6.07, 6.45) is 27.2. The number of carbonyl (C=O) groups excluding carboxylic acids is 1. The first-order valence-corrected chi connectivity index (χ1v) is 18.3. The molecule has 5 unspecified atom stereocenters. The predicted molar refractivity (Wildman–Crippen MR) is 180 cm³/mol. The summed E-state index contributed by atoms with van der Waals surface area (Å²) in [4.78, 5) is 12.2. The highest BCUT2D eigenvalue weighted by Crippen LogP contribution is 2.23. The van der Waals surface area contributed by atoms with Gasteiger partial charge in [-0.15, -0.1) is 0 Å². The quantitative estimate of drug-likeness (QED) is 0.0852. The maximum absolute atomic E-state index is 12.2. The molecule has 5 atom stereocenters. The van der Waals surface area contributed by atoms with Crippen molar-refractivity contribution in [1.29, 1.82) is 0 Å². The van der Waals surface area contributed by atoms with Crippen LogP contribution in [0.1, 0.15) is 183 Å². The molecule has 0 radical (unpaired) electrons. The minimum absolute atomic E-state index is 0.261. The highest BCUT2D eigenvalue weighted by atomic mass is 16.1. The fourth-order valence-electron chi connectivity index (χ4n) is 6.10. The molecule has 0 aliphatic carbocycles. The SMILES string of the molecule is CCCCNCC(C)CCCCCCNC(=O)CCC(C)CCCC(C)CCCCC(C)CCCC(C)CCC. The Morgan fingerprint density at radius 1 is 0.475 bits per heavy atom. The molecule has 0 saturated heterocycles. The monoisotopic (exact) mass is 565 g/mol. The topological polar surface area (TPSA) is 41.1 Å². The number of amides is 1. The van der Waals surface area contributed by atoms with Crippen LogP contribution in [0, 0.1) is 29.6 Å². The summed E-state index contributed by atoms with van der Waals surface area (Å²) >= 11 is 0. The second-order valence-electron chi connectivity index (χ2n) is 14.1. The first-order valence-electron chi connectivity index (χ1n) is 18.3. The predicted octanol–water partition coefficient (Wildman–Crippen LogP) is 11.1. The van der Waals surface area contributed by atoms with Crippen molar-refractivity contribution < 1.29 is 4.79 Å².